The minimum atomic E-state index is -0.907. The van der Waals surface area contributed by atoms with E-state index in [1.165, 1.54) is 0 Å². The monoisotopic (exact) mass is 274 g/mol. The van der Waals surface area contributed by atoms with E-state index in [1.807, 2.05) is 0 Å². The standard InChI is InChI=1S/C14H14N2O4/c1-3-20-14(19)11(17)8-12-15-13(18)9-6-4-5-7-10(9)16(12)2/h4-7H,3,8H2,1-2H3. The first-order valence-corrected chi connectivity index (χ1v) is 6.19. The number of carbonyl (C=O) groups is 2. The second-order valence-corrected chi connectivity index (χ2v) is 4.23. The molecule has 0 N–H and O–H groups in total. The summed E-state index contributed by atoms with van der Waals surface area (Å²) in [6.07, 6.45) is -0.255. The average molecular weight is 274 g/mol. The quantitative estimate of drug-likeness (QED) is 0.603. The molecule has 104 valence electrons. The van der Waals surface area contributed by atoms with Gasteiger partial charge >= 0.3 is 5.97 Å². The first kappa shape index (κ1) is 13.9. The van der Waals surface area contributed by atoms with E-state index in [0.29, 0.717) is 10.9 Å². The highest BCUT2D eigenvalue weighted by Gasteiger charge is 2.18. The van der Waals surface area contributed by atoms with Gasteiger partial charge in [0, 0.05) is 7.05 Å². The molecule has 0 atom stereocenters. The lowest BCUT2D eigenvalue weighted by Crippen LogP contribution is -2.24. The molecule has 1 heterocycles. The molecule has 0 aliphatic heterocycles. The van der Waals surface area contributed by atoms with Crippen LogP contribution < -0.4 is 5.56 Å². The van der Waals surface area contributed by atoms with Gasteiger partial charge in [-0.1, -0.05) is 12.1 Å². The van der Waals surface area contributed by atoms with Gasteiger partial charge in [0.15, 0.2) is 0 Å². The number of esters is 1. The summed E-state index contributed by atoms with van der Waals surface area (Å²) >= 11 is 0. The van der Waals surface area contributed by atoms with Gasteiger partial charge in [-0.05, 0) is 19.1 Å². The highest BCUT2D eigenvalue weighted by Crippen LogP contribution is 2.10. The number of ether oxygens (including phenoxy) is 1. The highest BCUT2D eigenvalue weighted by molar-refractivity contribution is 6.34. The fourth-order valence-corrected chi connectivity index (χ4v) is 1.92. The number of nitrogens with zero attached hydrogens (tertiary/aromatic N) is 2. The summed E-state index contributed by atoms with van der Waals surface area (Å²) in [6.45, 7) is 1.75. The third-order valence-electron chi connectivity index (χ3n) is 2.94. The van der Waals surface area contributed by atoms with Gasteiger partial charge in [-0.25, -0.2) is 4.79 Å². The van der Waals surface area contributed by atoms with Gasteiger partial charge in [0.25, 0.3) is 5.56 Å². The fourth-order valence-electron chi connectivity index (χ4n) is 1.92. The molecule has 0 unspecified atom stereocenters. The number of hydrogen-bond acceptors (Lipinski definition) is 5. The van der Waals surface area contributed by atoms with Gasteiger partial charge in [0.1, 0.15) is 5.82 Å². The van der Waals surface area contributed by atoms with E-state index in [2.05, 4.69) is 9.72 Å². The van der Waals surface area contributed by atoms with Crippen LogP contribution in [0.2, 0.25) is 0 Å². The van der Waals surface area contributed by atoms with Crippen molar-refractivity contribution in [1.82, 2.24) is 9.55 Å². The maximum absolute atomic E-state index is 11.9. The Morgan fingerprint density at radius 3 is 2.70 bits per heavy atom. The maximum atomic E-state index is 11.9. The minimum Gasteiger partial charge on any atom is -0.460 e. The lowest BCUT2D eigenvalue weighted by atomic mass is 10.2. The third kappa shape index (κ3) is 2.59. The number of carbonyl (C=O) groups excluding carboxylic acids is 2. The van der Waals surface area contributed by atoms with Crippen molar-refractivity contribution in [1.29, 1.82) is 0 Å². The number of hydrogen-bond donors (Lipinski definition) is 0. The molecular formula is C14H14N2O4. The van der Waals surface area contributed by atoms with Crippen molar-refractivity contribution in [3.8, 4) is 0 Å². The van der Waals surface area contributed by atoms with Crippen LogP contribution in [0, 0.1) is 0 Å². The number of rotatable bonds is 4. The van der Waals surface area contributed by atoms with E-state index in [9.17, 15) is 14.4 Å². The van der Waals surface area contributed by atoms with Gasteiger partial charge in [0.05, 0.1) is 23.9 Å². The molecule has 2 aromatic rings. The Balaban J connectivity index is 2.41. The van der Waals surface area contributed by atoms with Crippen LogP contribution in [0.1, 0.15) is 12.7 Å². The molecule has 0 spiro atoms. The number of Topliss-reactive ketones (excluding diaryl/α,β-unsaturated/α-hetero) is 1. The Bertz CT molecular complexity index is 734. The van der Waals surface area contributed by atoms with Crippen LogP contribution in [0.5, 0.6) is 0 Å². The predicted octanol–water partition coefficient (Wildman–Crippen LogP) is 0.608. The molecule has 2 rings (SSSR count). The molecule has 1 aromatic heterocycles. The molecular weight excluding hydrogens is 260 g/mol. The molecule has 0 amide bonds. The van der Waals surface area contributed by atoms with Crippen molar-refractivity contribution >= 4 is 22.7 Å². The number of benzene rings is 1. The number of aryl methyl sites for hydroxylation is 1. The molecule has 0 aliphatic rings. The number of fused-ring (bicyclic) bond motifs is 1. The van der Waals surface area contributed by atoms with Gasteiger partial charge in [-0.3, -0.25) is 9.59 Å². The van der Waals surface area contributed by atoms with Crippen molar-refractivity contribution in [3.63, 3.8) is 0 Å². The summed E-state index contributed by atoms with van der Waals surface area (Å²) in [5, 5.41) is 0.474. The predicted molar refractivity (Wildman–Crippen MR) is 72.3 cm³/mol. The SMILES string of the molecule is CCOC(=O)C(=O)Cc1nc(=O)c2ccccc2n1C. The van der Waals surface area contributed by atoms with Gasteiger partial charge in [-0.2, -0.15) is 4.98 Å². The Kier molecular flexibility index (Phi) is 3.93. The molecule has 1 aromatic carbocycles. The zero-order valence-corrected chi connectivity index (χ0v) is 11.3. The summed E-state index contributed by atoms with van der Waals surface area (Å²) in [6, 6.07) is 6.96. The smallest absolute Gasteiger partial charge is 0.375 e. The summed E-state index contributed by atoms with van der Waals surface area (Å²) in [5.74, 6) is -1.38. The van der Waals surface area contributed by atoms with Gasteiger partial charge < -0.3 is 9.30 Å². The summed E-state index contributed by atoms with van der Waals surface area (Å²) in [5.41, 5.74) is 0.254. The van der Waals surface area contributed by atoms with Crippen molar-refractivity contribution in [3.05, 3.63) is 40.4 Å². The van der Waals surface area contributed by atoms with E-state index >= 15 is 0 Å². The van der Waals surface area contributed by atoms with Crippen LogP contribution in [0.25, 0.3) is 10.9 Å². The fraction of sp³-hybridized carbons (Fsp3) is 0.286. The van der Waals surface area contributed by atoms with Crippen LogP contribution in [0.4, 0.5) is 0 Å². The molecule has 0 fully saturated rings. The molecule has 0 saturated heterocycles. The van der Waals surface area contributed by atoms with Crippen LogP contribution in [0.3, 0.4) is 0 Å². The zero-order chi connectivity index (χ0) is 14.7. The van der Waals surface area contributed by atoms with Crippen molar-refractivity contribution < 1.29 is 14.3 Å². The van der Waals surface area contributed by atoms with Gasteiger partial charge in [0.2, 0.25) is 5.78 Å². The van der Waals surface area contributed by atoms with E-state index in [1.54, 1.807) is 42.8 Å². The lowest BCUT2D eigenvalue weighted by molar-refractivity contribution is -0.153. The normalized spacial score (nSPS) is 10.5. The number of ketones is 1. The summed E-state index contributed by atoms with van der Waals surface area (Å²) in [7, 11) is 1.70. The maximum Gasteiger partial charge on any atom is 0.375 e. The van der Waals surface area contributed by atoms with Crippen LogP contribution in [-0.2, 0) is 27.8 Å². The number of para-hydroxylation sites is 1. The van der Waals surface area contributed by atoms with Crippen LogP contribution >= 0.6 is 0 Å². The van der Waals surface area contributed by atoms with E-state index in [0.717, 1.165) is 0 Å². The third-order valence-corrected chi connectivity index (χ3v) is 2.94. The van der Waals surface area contributed by atoms with Crippen molar-refractivity contribution in [2.45, 2.75) is 13.3 Å². The molecule has 6 nitrogen and oxygen atoms in total. The largest absolute Gasteiger partial charge is 0.460 e. The lowest BCUT2D eigenvalue weighted by Gasteiger charge is -2.10. The molecule has 0 bridgehead atoms. The molecule has 0 radical (unpaired) electrons. The second-order valence-electron chi connectivity index (χ2n) is 4.23. The Labute approximate surface area is 115 Å². The van der Waals surface area contributed by atoms with E-state index in [4.69, 9.17) is 0 Å². The van der Waals surface area contributed by atoms with Crippen LogP contribution in [-0.4, -0.2) is 27.9 Å². The molecule has 20 heavy (non-hydrogen) atoms. The molecule has 0 aliphatic carbocycles. The Morgan fingerprint density at radius 1 is 1.30 bits per heavy atom. The zero-order valence-electron chi connectivity index (χ0n) is 11.3. The van der Waals surface area contributed by atoms with E-state index in [-0.39, 0.29) is 18.9 Å². The van der Waals surface area contributed by atoms with Crippen molar-refractivity contribution in [2.75, 3.05) is 6.61 Å². The minimum absolute atomic E-state index is 0.134. The Hall–Kier alpha value is -2.50. The first-order valence-electron chi connectivity index (χ1n) is 6.19. The van der Waals surface area contributed by atoms with Crippen molar-refractivity contribution in [2.24, 2.45) is 7.05 Å². The summed E-state index contributed by atoms with van der Waals surface area (Å²) < 4.78 is 6.26. The molecule has 0 saturated carbocycles. The second kappa shape index (κ2) is 5.64. The Morgan fingerprint density at radius 2 is 2.00 bits per heavy atom. The van der Waals surface area contributed by atoms with Crippen LogP contribution in [0.15, 0.2) is 29.1 Å². The molecule has 6 heteroatoms. The number of aromatic nitrogens is 2. The first-order chi connectivity index (χ1) is 9.54. The topological polar surface area (TPSA) is 78.3 Å². The summed E-state index contributed by atoms with van der Waals surface area (Å²) in [4.78, 5) is 38.7. The highest BCUT2D eigenvalue weighted by atomic mass is 16.5. The van der Waals surface area contributed by atoms with E-state index < -0.39 is 17.3 Å². The van der Waals surface area contributed by atoms with Gasteiger partial charge in [-0.15, -0.1) is 0 Å². The average Bonchev–Trinajstić information content (AvgIpc) is 2.44.